The van der Waals surface area contributed by atoms with Gasteiger partial charge in [0.15, 0.2) is 0 Å². The minimum absolute atomic E-state index is 0. The summed E-state index contributed by atoms with van der Waals surface area (Å²) in [5.41, 5.74) is 5.56. The van der Waals surface area contributed by atoms with E-state index >= 15 is 0 Å². The summed E-state index contributed by atoms with van der Waals surface area (Å²) in [5.74, 6) is 0. The van der Waals surface area contributed by atoms with Gasteiger partial charge >= 0.3 is 21.1 Å². The van der Waals surface area contributed by atoms with E-state index in [0.717, 1.165) is 16.8 Å². The summed E-state index contributed by atoms with van der Waals surface area (Å²) in [5, 5.41) is 0. The standard InChI is InChI=1S/C11H13N.CH3.V.W/c1-7-6-11(12-5)10(4)9(3)8(7)2;;;/h5H,1-4H3;1H3;;/q-2;-1;;+2. The maximum atomic E-state index is 5.23. The smallest absolute Gasteiger partial charge is 0.485 e. The molecule has 0 atom stereocenters. The van der Waals surface area contributed by atoms with Crippen molar-refractivity contribution >= 4 is 12.4 Å². The molecule has 1 nitrogen and oxygen atoms in total. The van der Waals surface area contributed by atoms with Gasteiger partial charge in [-0.3, -0.25) is 6.07 Å². The molecule has 0 saturated heterocycles. The molecule has 0 saturated carbocycles. The number of aryl methyl sites for hydroxylation is 1. The van der Waals surface area contributed by atoms with Gasteiger partial charge in [-0.2, -0.15) is 23.4 Å². The number of aliphatic imine (C=N–C) groups is 1. The maximum Gasteiger partial charge on any atom is 2.00 e. The van der Waals surface area contributed by atoms with Crippen molar-refractivity contribution in [1.82, 2.24) is 0 Å². The quantitative estimate of drug-likeness (QED) is 0.499. The van der Waals surface area contributed by atoms with E-state index in [2.05, 4.69) is 24.9 Å². The van der Waals surface area contributed by atoms with Crippen LogP contribution in [-0.2, 0) is 39.6 Å². The first-order valence-electron chi connectivity index (χ1n) is 3.98. The number of hydrogen-bond donors (Lipinski definition) is 0. The van der Waals surface area contributed by atoms with Crippen molar-refractivity contribution in [3.63, 3.8) is 0 Å². The van der Waals surface area contributed by atoms with Gasteiger partial charge in [0.2, 0.25) is 0 Å². The first-order chi connectivity index (χ1) is 5.57. The van der Waals surface area contributed by atoms with Gasteiger partial charge in [0, 0.05) is 18.6 Å². The normalized spacial score (nSPS) is 8.00. The van der Waals surface area contributed by atoms with Crippen molar-refractivity contribution in [3.8, 4) is 0 Å². The number of rotatable bonds is 1. The molecule has 0 bridgehead atoms. The molecular weight excluding hydrogens is 393 g/mol. The molecule has 3 heteroatoms. The van der Waals surface area contributed by atoms with Crippen molar-refractivity contribution in [2.45, 2.75) is 27.7 Å². The molecule has 0 spiro atoms. The molecule has 0 aromatic heterocycles. The molecule has 0 N–H and O–H groups in total. The van der Waals surface area contributed by atoms with Gasteiger partial charge in [0.1, 0.15) is 0 Å². The Balaban J connectivity index is -0.000000480. The molecule has 0 fully saturated rings. The molecule has 1 radical (unpaired) electrons. The second kappa shape index (κ2) is 8.33. The zero-order valence-corrected chi connectivity index (χ0v) is 14.2. The Morgan fingerprint density at radius 1 is 1.00 bits per heavy atom. The van der Waals surface area contributed by atoms with Crippen LogP contribution in [0.1, 0.15) is 22.3 Å². The van der Waals surface area contributed by atoms with Crippen LogP contribution in [0.25, 0.3) is 0 Å². The van der Waals surface area contributed by atoms with Crippen LogP contribution in [0.4, 0.5) is 5.69 Å². The van der Waals surface area contributed by atoms with Gasteiger partial charge in [-0.05, 0) is 0 Å². The van der Waals surface area contributed by atoms with Gasteiger partial charge < -0.3 is 12.4 Å². The largest absolute Gasteiger partial charge is 2.00 e. The third-order valence-corrected chi connectivity index (χ3v) is 2.48. The molecule has 0 amide bonds. The average Bonchev–Trinajstić information content (AvgIpc) is 2.08. The molecule has 81 valence electrons. The Labute approximate surface area is 120 Å². The summed E-state index contributed by atoms with van der Waals surface area (Å²) in [7, 11) is 0. The van der Waals surface area contributed by atoms with E-state index in [1.165, 1.54) is 11.1 Å². The van der Waals surface area contributed by atoms with Crippen molar-refractivity contribution < 1.29 is 39.6 Å². The zero-order chi connectivity index (χ0) is 9.30. The summed E-state index contributed by atoms with van der Waals surface area (Å²) in [6.07, 6.45) is 0. The van der Waals surface area contributed by atoms with Gasteiger partial charge in [0.25, 0.3) is 0 Å². The van der Waals surface area contributed by atoms with Crippen LogP contribution >= 0.6 is 0 Å². The van der Waals surface area contributed by atoms with Gasteiger partial charge in [-0.25, -0.2) is 11.3 Å². The molecule has 1 rings (SSSR count). The first-order valence-corrected chi connectivity index (χ1v) is 3.98. The molecule has 0 aliphatic carbocycles. The van der Waals surface area contributed by atoms with Gasteiger partial charge in [0.05, 0.1) is 0 Å². The molecule has 0 aliphatic heterocycles. The van der Waals surface area contributed by atoms with Crippen LogP contribution in [-0.4, -0.2) is 6.72 Å². The molecule has 15 heavy (non-hydrogen) atoms. The van der Waals surface area contributed by atoms with E-state index in [1.54, 1.807) is 0 Å². The predicted molar refractivity (Wildman–Crippen MR) is 58.8 cm³/mol. The van der Waals surface area contributed by atoms with E-state index in [1.807, 2.05) is 13.8 Å². The molecule has 1 aromatic carbocycles. The zero-order valence-electron chi connectivity index (χ0n) is 9.88. The Morgan fingerprint density at radius 2 is 1.47 bits per heavy atom. The summed E-state index contributed by atoms with van der Waals surface area (Å²) in [6.45, 7) is 13.4. The number of nitrogens with zero attached hydrogens (tertiary/aromatic N) is 1. The summed E-state index contributed by atoms with van der Waals surface area (Å²) in [6, 6.07) is 3.14. The molecule has 1 aromatic rings. The molecule has 0 heterocycles. The van der Waals surface area contributed by atoms with E-state index in [0.29, 0.717) is 0 Å². The molecular formula is C12H16NVW-. The van der Waals surface area contributed by atoms with E-state index in [4.69, 9.17) is 6.72 Å². The van der Waals surface area contributed by atoms with Gasteiger partial charge in [-0.15, -0.1) is 6.92 Å². The fourth-order valence-corrected chi connectivity index (χ4v) is 1.23. The fraction of sp³-hybridized carbons (Fsp3) is 0.333. The fourth-order valence-electron chi connectivity index (χ4n) is 1.23. The monoisotopic (exact) mass is 409 g/mol. The Hall–Kier alpha value is 0.163. The third-order valence-electron chi connectivity index (χ3n) is 2.48. The Kier molecular flexibility index (Phi) is 11.4. The van der Waals surface area contributed by atoms with Crippen LogP contribution in [0, 0.1) is 41.2 Å². The van der Waals surface area contributed by atoms with Crippen molar-refractivity contribution in [3.05, 3.63) is 35.7 Å². The number of benzene rings is 1. The topological polar surface area (TPSA) is 12.4 Å². The van der Waals surface area contributed by atoms with Crippen molar-refractivity contribution in [2.75, 3.05) is 0 Å². The summed E-state index contributed by atoms with van der Waals surface area (Å²) < 4.78 is 0. The van der Waals surface area contributed by atoms with E-state index in [-0.39, 0.29) is 47.0 Å². The Bertz CT molecular complexity index is 335. The Morgan fingerprint density at radius 3 is 1.87 bits per heavy atom. The van der Waals surface area contributed by atoms with E-state index in [9.17, 15) is 0 Å². The van der Waals surface area contributed by atoms with Crippen molar-refractivity contribution in [2.24, 2.45) is 4.99 Å². The summed E-state index contributed by atoms with van der Waals surface area (Å²) >= 11 is 0. The third kappa shape index (κ3) is 4.27. The van der Waals surface area contributed by atoms with Crippen LogP contribution in [0.15, 0.2) is 4.99 Å². The average molecular weight is 409 g/mol. The van der Waals surface area contributed by atoms with Crippen LogP contribution in [0.3, 0.4) is 0 Å². The van der Waals surface area contributed by atoms with E-state index < -0.39 is 0 Å². The van der Waals surface area contributed by atoms with Crippen LogP contribution in [0.5, 0.6) is 0 Å². The van der Waals surface area contributed by atoms with Gasteiger partial charge in [-0.1, -0.05) is 20.8 Å². The molecule has 0 aliphatic rings. The summed E-state index contributed by atoms with van der Waals surface area (Å²) in [4.78, 5) is 3.68. The SMILES string of the molecule is [CH-]=Nc1[c-]c(C)c(C)c(C)c1C.[CH3-].[V].[W+2]. The predicted octanol–water partition coefficient (Wildman–Crippen LogP) is 3.37. The first kappa shape index (κ1) is 20.6. The minimum atomic E-state index is 0. The molecule has 0 unspecified atom stereocenters. The number of hydrogen-bond acceptors (Lipinski definition) is 1. The second-order valence-electron chi connectivity index (χ2n) is 3.10. The van der Waals surface area contributed by atoms with Crippen LogP contribution in [0.2, 0.25) is 0 Å². The second-order valence-corrected chi connectivity index (χ2v) is 3.10. The van der Waals surface area contributed by atoms with Crippen LogP contribution < -0.4 is 0 Å². The van der Waals surface area contributed by atoms with Crippen molar-refractivity contribution in [1.29, 1.82) is 0 Å². The minimum Gasteiger partial charge on any atom is -0.485 e. The maximum absolute atomic E-state index is 5.23.